The zero-order valence-corrected chi connectivity index (χ0v) is 14.1. The molecule has 0 aromatic rings. The van der Waals surface area contributed by atoms with Crippen LogP contribution in [0, 0.1) is 16.7 Å². The van der Waals surface area contributed by atoms with Gasteiger partial charge in [-0.15, -0.1) is 0 Å². The quantitative estimate of drug-likeness (QED) is 0.721. The zero-order valence-electron chi connectivity index (χ0n) is 14.1. The van der Waals surface area contributed by atoms with Gasteiger partial charge in [0.25, 0.3) is 0 Å². The Morgan fingerprint density at radius 1 is 0.842 bits per heavy atom. The van der Waals surface area contributed by atoms with Gasteiger partial charge in [-0.2, -0.15) is 0 Å². The largest absolute Gasteiger partial charge is 0.393 e. The molecule has 0 aliphatic carbocycles. The molecule has 0 radical (unpaired) electrons. The highest BCUT2D eigenvalue weighted by atomic mass is 16.3. The standard InChI is InChI=1S/C16H35NO2/c1-11(2)12(18)9-10-13(19)16(17,14(3,4)5)15(6,7)8/h11-13,18-19H,9-10,17H2,1-8H3. The van der Waals surface area contributed by atoms with Crippen molar-refractivity contribution in [3.05, 3.63) is 0 Å². The summed E-state index contributed by atoms with van der Waals surface area (Å²) in [5.41, 5.74) is 5.50. The number of hydrogen-bond acceptors (Lipinski definition) is 3. The molecule has 3 nitrogen and oxygen atoms in total. The van der Waals surface area contributed by atoms with E-state index in [4.69, 9.17) is 5.73 Å². The Morgan fingerprint density at radius 3 is 1.47 bits per heavy atom. The summed E-state index contributed by atoms with van der Waals surface area (Å²) < 4.78 is 0. The topological polar surface area (TPSA) is 66.5 Å². The van der Waals surface area contributed by atoms with Crippen molar-refractivity contribution in [1.82, 2.24) is 0 Å². The molecule has 116 valence electrons. The van der Waals surface area contributed by atoms with Crippen LogP contribution in [-0.2, 0) is 0 Å². The van der Waals surface area contributed by atoms with Crippen LogP contribution >= 0.6 is 0 Å². The van der Waals surface area contributed by atoms with Crippen LogP contribution in [0.5, 0.6) is 0 Å². The van der Waals surface area contributed by atoms with E-state index in [1.54, 1.807) is 0 Å². The van der Waals surface area contributed by atoms with Crippen molar-refractivity contribution in [2.24, 2.45) is 22.5 Å². The molecule has 0 heterocycles. The van der Waals surface area contributed by atoms with Crippen LogP contribution in [0.3, 0.4) is 0 Å². The second-order valence-electron chi connectivity index (χ2n) is 8.27. The first-order chi connectivity index (χ1) is 8.25. The SMILES string of the molecule is CC(C)C(O)CCC(O)C(N)(C(C)(C)C)C(C)(C)C. The molecule has 2 atom stereocenters. The Bertz CT molecular complexity index is 259. The molecule has 0 fully saturated rings. The summed E-state index contributed by atoms with van der Waals surface area (Å²) in [6, 6.07) is 0. The maximum atomic E-state index is 10.6. The molecular formula is C16H35NO2. The Hall–Kier alpha value is -0.120. The Balaban J connectivity index is 5.02. The number of rotatable bonds is 5. The summed E-state index contributed by atoms with van der Waals surface area (Å²) in [6.07, 6.45) is 0.119. The minimum Gasteiger partial charge on any atom is -0.393 e. The number of hydrogen-bond donors (Lipinski definition) is 3. The summed E-state index contributed by atoms with van der Waals surface area (Å²) >= 11 is 0. The number of aliphatic hydroxyl groups is 2. The number of nitrogens with two attached hydrogens (primary N) is 1. The lowest BCUT2D eigenvalue weighted by atomic mass is 9.57. The third-order valence-corrected chi connectivity index (χ3v) is 4.51. The predicted octanol–water partition coefficient (Wildman–Crippen LogP) is 2.93. The van der Waals surface area contributed by atoms with Gasteiger partial charge in [0.05, 0.1) is 17.7 Å². The molecule has 0 rings (SSSR count). The fraction of sp³-hybridized carbons (Fsp3) is 1.00. The fourth-order valence-electron chi connectivity index (χ4n) is 3.01. The summed E-state index contributed by atoms with van der Waals surface area (Å²) in [5.74, 6) is 0.212. The molecule has 0 amide bonds. The normalized spacial score (nSPS) is 17.7. The highest BCUT2D eigenvalue weighted by molar-refractivity contribution is 5.08. The van der Waals surface area contributed by atoms with Crippen molar-refractivity contribution < 1.29 is 10.2 Å². The van der Waals surface area contributed by atoms with Gasteiger partial charge in [0.15, 0.2) is 0 Å². The van der Waals surface area contributed by atoms with E-state index in [2.05, 4.69) is 41.5 Å². The second kappa shape index (κ2) is 6.11. The average molecular weight is 273 g/mol. The molecular weight excluding hydrogens is 238 g/mol. The van der Waals surface area contributed by atoms with E-state index in [0.717, 1.165) is 0 Å². The van der Waals surface area contributed by atoms with Crippen LogP contribution in [-0.4, -0.2) is 28.0 Å². The lowest BCUT2D eigenvalue weighted by molar-refractivity contribution is -0.0633. The van der Waals surface area contributed by atoms with Gasteiger partial charge in [0.1, 0.15) is 0 Å². The Kier molecular flexibility index (Phi) is 6.07. The molecule has 0 aromatic heterocycles. The minimum atomic E-state index is -0.698. The predicted molar refractivity (Wildman–Crippen MR) is 81.9 cm³/mol. The molecule has 0 aliphatic rings. The van der Waals surface area contributed by atoms with Gasteiger partial charge < -0.3 is 15.9 Å². The van der Waals surface area contributed by atoms with E-state index in [-0.39, 0.29) is 22.9 Å². The van der Waals surface area contributed by atoms with Gasteiger partial charge >= 0.3 is 0 Å². The maximum Gasteiger partial charge on any atom is 0.0730 e. The highest BCUT2D eigenvalue weighted by Gasteiger charge is 2.52. The third kappa shape index (κ3) is 4.17. The lowest BCUT2D eigenvalue weighted by Gasteiger charge is -2.54. The first kappa shape index (κ1) is 18.9. The summed E-state index contributed by atoms with van der Waals surface area (Å²) in [4.78, 5) is 0. The van der Waals surface area contributed by atoms with Crippen molar-refractivity contribution in [2.45, 2.75) is 86.0 Å². The second-order valence-corrected chi connectivity index (χ2v) is 8.27. The first-order valence-electron chi connectivity index (χ1n) is 7.40. The average Bonchev–Trinajstić information content (AvgIpc) is 2.20. The smallest absolute Gasteiger partial charge is 0.0730 e. The first-order valence-corrected chi connectivity index (χ1v) is 7.40. The van der Waals surface area contributed by atoms with Crippen LogP contribution in [0.4, 0.5) is 0 Å². The van der Waals surface area contributed by atoms with Crippen molar-refractivity contribution >= 4 is 0 Å². The van der Waals surface area contributed by atoms with Gasteiger partial charge in [0.2, 0.25) is 0 Å². The maximum absolute atomic E-state index is 10.6. The van der Waals surface area contributed by atoms with Gasteiger partial charge in [-0.05, 0) is 29.6 Å². The summed E-state index contributed by atoms with van der Waals surface area (Å²) in [5, 5.41) is 20.5. The van der Waals surface area contributed by atoms with Crippen molar-refractivity contribution in [2.75, 3.05) is 0 Å². The number of aliphatic hydroxyl groups excluding tert-OH is 2. The molecule has 3 heteroatoms. The molecule has 0 aromatic carbocycles. The van der Waals surface area contributed by atoms with E-state index in [0.29, 0.717) is 12.8 Å². The third-order valence-electron chi connectivity index (χ3n) is 4.51. The molecule has 19 heavy (non-hydrogen) atoms. The summed E-state index contributed by atoms with van der Waals surface area (Å²) in [6.45, 7) is 16.4. The van der Waals surface area contributed by atoms with E-state index in [9.17, 15) is 10.2 Å². The van der Waals surface area contributed by atoms with Gasteiger partial charge in [-0.3, -0.25) is 0 Å². The minimum absolute atomic E-state index is 0.212. The Morgan fingerprint density at radius 2 is 1.21 bits per heavy atom. The van der Waals surface area contributed by atoms with Crippen molar-refractivity contribution in [1.29, 1.82) is 0 Å². The van der Waals surface area contributed by atoms with Crippen LogP contribution in [0.2, 0.25) is 0 Å². The molecule has 0 bridgehead atoms. The monoisotopic (exact) mass is 273 g/mol. The molecule has 0 saturated heterocycles. The van der Waals surface area contributed by atoms with E-state index in [1.165, 1.54) is 0 Å². The molecule has 4 N–H and O–H groups in total. The highest BCUT2D eigenvalue weighted by Crippen LogP contribution is 2.45. The van der Waals surface area contributed by atoms with Crippen LogP contribution < -0.4 is 5.73 Å². The van der Waals surface area contributed by atoms with Crippen LogP contribution in [0.1, 0.15) is 68.2 Å². The van der Waals surface area contributed by atoms with Crippen molar-refractivity contribution in [3.63, 3.8) is 0 Å². The van der Waals surface area contributed by atoms with Gasteiger partial charge in [-0.1, -0.05) is 55.4 Å². The van der Waals surface area contributed by atoms with Gasteiger partial charge in [-0.25, -0.2) is 0 Å². The molecule has 2 unspecified atom stereocenters. The molecule has 0 aliphatic heterocycles. The molecule has 0 saturated carbocycles. The van der Waals surface area contributed by atoms with E-state index < -0.39 is 11.6 Å². The summed E-state index contributed by atoms with van der Waals surface area (Å²) in [7, 11) is 0. The van der Waals surface area contributed by atoms with E-state index in [1.807, 2.05) is 13.8 Å². The van der Waals surface area contributed by atoms with Crippen LogP contribution in [0.15, 0.2) is 0 Å². The fourth-order valence-corrected chi connectivity index (χ4v) is 3.01. The van der Waals surface area contributed by atoms with Crippen molar-refractivity contribution in [3.8, 4) is 0 Å². The lowest BCUT2D eigenvalue weighted by Crippen LogP contribution is -2.67. The van der Waals surface area contributed by atoms with E-state index >= 15 is 0 Å². The van der Waals surface area contributed by atoms with Gasteiger partial charge in [0, 0.05) is 0 Å². The van der Waals surface area contributed by atoms with Crippen LogP contribution in [0.25, 0.3) is 0 Å². The molecule has 0 spiro atoms. The zero-order chi connectivity index (χ0) is 15.6. The Labute approximate surface area is 119 Å².